The van der Waals surface area contributed by atoms with Crippen LogP contribution in [0.4, 0.5) is 0 Å². The number of piperidine rings is 1. The summed E-state index contributed by atoms with van der Waals surface area (Å²) in [5, 5.41) is 3.38. The third-order valence-corrected chi connectivity index (χ3v) is 3.62. The molecular weight excluding hydrogens is 186 g/mol. The predicted molar refractivity (Wildman–Crippen MR) is 59.9 cm³/mol. The topological polar surface area (TPSA) is 24.6 Å². The van der Waals surface area contributed by atoms with Crippen molar-refractivity contribution in [2.75, 3.05) is 13.1 Å². The van der Waals surface area contributed by atoms with E-state index in [1.54, 1.807) is 0 Å². The number of epoxide rings is 1. The summed E-state index contributed by atoms with van der Waals surface area (Å²) < 4.78 is 5.91. The molecule has 0 radical (unpaired) electrons. The third kappa shape index (κ3) is 1.80. The Morgan fingerprint density at radius 1 is 1.20 bits per heavy atom. The summed E-state index contributed by atoms with van der Waals surface area (Å²) >= 11 is 0. The summed E-state index contributed by atoms with van der Waals surface area (Å²) in [6.07, 6.45) is 3.93. The molecule has 1 aromatic carbocycles. The number of ether oxygens (including phenoxy) is 1. The smallest absolute Gasteiger partial charge is 0.0976 e. The molecule has 0 amide bonds. The first-order chi connectivity index (χ1) is 7.39. The van der Waals surface area contributed by atoms with Crippen LogP contribution < -0.4 is 5.32 Å². The molecular formula is C13H17NO. The van der Waals surface area contributed by atoms with Crippen LogP contribution in [0.1, 0.15) is 18.4 Å². The Labute approximate surface area is 90.6 Å². The van der Waals surface area contributed by atoms with Gasteiger partial charge < -0.3 is 10.1 Å². The first kappa shape index (κ1) is 9.37. The molecule has 1 aromatic rings. The van der Waals surface area contributed by atoms with Crippen LogP contribution in [0.3, 0.4) is 0 Å². The standard InChI is InChI=1S/C13H17NO/c1-2-4-11(5-3-1)10-12-13(15-12)6-8-14-9-7-13/h1-5,12,14H,6-10H2. The van der Waals surface area contributed by atoms with Gasteiger partial charge in [-0.2, -0.15) is 0 Å². The summed E-state index contributed by atoms with van der Waals surface area (Å²) in [4.78, 5) is 0. The van der Waals surface area contributed by atoms with Crippen molar-refractivity contribution >= 4 is 0 Å². The van der Waals surface area contributed by atoms with E-state index in [1.807, 2.05) is 0 Å². The minimum atomic E-state index is 0.237. The Balaban J connectivity index is 1.63. The Morgan fingerprint density at radius 3 is 2.67 bits per heavy atom. The normalized spacial score (nSPS) is 27.9. The molecule has 1 N–H and O–H groups in total. The molecule has 1 spiro atoms. The predicted octanol–water partition coefficient (Wildman–Crippen LogP) is 1.75. The van der Waals surface area contributed by atoms with Gasteiger partial charge in [0.15, 0.2) is 0 Å². The first-order valence-electron chi connectivity index (χ1n) is 5.82. The van der Waals surface area contributed by atoms with Crippen molar-refractivity contribution in [1.29, 1.82) is 0 Å². The lowest BCUT2D eigenvalue weighted by Crippen LogP contribution is -2.35. The monoisotopic (exact) mass is 203 g/mol. The van der Waals surface area contributed by atoms with E-state index in [0.29, 0.717) is 6.10 Å². The van der Waals surface area contributed by atoms with E-state index in [2.05, 4.69) is 35.6 Å². The van der Waals surface area contributed by atoms with Crippen LogP contribution in [0.5, 0.6) is 0 Å². The molecule has 0 aliphatic carbocycles. The van der Waals surface area contributed by atoms with Gasteiger partial charge in [-0.05, 0) is 31.5 Å². The van der Waals surface area contributed by atoms with Gasteiger partial charge >= 0.3 is 0 Å². The van der Waals surface area contributed by atoms with Crippen molar-refractivity contribution in [2.24, 2.45) is 0 Å². The van der Waals surface area contributed by atoms with Crippen LogP contribution in [-0.4, -0.2) is 24.8 Å². The average molecular weight is 203 g/mol. The fourth-order valence-corrected chi connectivity index (χ4v) is 2.59. The second-order valence-corrected chi connectivity index (χ2v) is 4.61. The van der Waals surface area contributed by atoms with Crippen molar-refractivity contribution in [3.05, 3.63) is 35.9 Å². The lowest BCUT2D eigenvalue weighted by atomic mass is 9.91. The zero-order chi connectivity index (χ0) is 10.1. The number of nitrogens with one attached hydrogen (secondary N) is 1. The molecule has 0 aromatic heterocycles. The summed E-state index contributed by atoms with van der Waals surface area (Å²) in [6, 6.07) is 10.7. The molecule has 15 heavy (non-hydrogen) atoms. The number of hydrogen-bond donors (Lipinski definition) is 1. The zero-order valence-corrected chi connectivity index (χ0v) is 8.91. The molecule has 0 saturated carbocycles. The van der Waals surface area contributed by atoms with E-state index >= 15 is 0 Å². The summed E-state index contributed by atoms with van der Waals surface area (Å²) in [7, 11) is 0. The van der Waals surface area contributed by atoms with Crippen LogP contribution in [0, 0.1) is 0 Å². The largest absolute Gasteiger partial charge is 0.366 e. The van der Waals surface area contributed by atoms with Crippen LogP contribution >= 0.6 is 0 Å². The third-order valence-electron chi connectivity index (χ3n) is 3.62. The molecule has 2 nitrogen and oxygen atoms in total. The van der Waals surface area contributed by atoms with E-state index < -0.39 is 0 Å². The minimum absolute atomic E-state index is 0.237. The summed E-state index contributed by atoms with van der Waals surface area (Å²) in [5.41, 5.74) is 1.64. The molecule has 3 rings (SSSR count). The van der Waals surface area contributed by atoms with Crippen LogP contribution in [0.25, 0.3) is 0 Å². The lowest BCUT2D eigenvalue weighted by Gasteiger charge is -2.19. The molecule has 2 heterocycles. The zero-order valence-electron chi connectivity index (χ0n) is 8.91. The van der Waals surface area contributed by atoms with Gasteiger partial charge in [-0.1, -0.05) is 30.3 Å². The SMILES string of the molecule is c1ccc(CC2OC23CCNCC3)cc1. The van der Waals surface area contributed by atoms with Crippen LogP contribution in [0.15, 0.2) is 30.3 Å². The quantitative estimate of drug-likeness (QED) is 0.741. The first-order valence-corrected chi connectivity index (χ1v) is 5.82. The molecule has 1 unspecified atom stereocenters. The van der Waals surface area contributed by atoms with Gasteiger partial charge in [-0.15, -0.1) is 0 Å². The van der Waals surface area contributed by atoms with Crippen molar-refractivity contribution in [1.82, 2.24) is 5.32 Å². The highest BCUT2D eigenvalue weighted by atomic mass is 16.6. The maximum Gasteiger partial charge on any atom is 0.0976 e. The molecule has 2 aliphatic heterocycles. The van der Waals surface area contributed by atoms with Gasteiger partial charge in [-0.25, -0.2) is 0 Å². The Hall–Kier alpha value is -0.860. The van der Waals surface area contributed by atoms with Crippen molar-refractivity contribution in [3.63, 3.8) is 0 Å². The highest BCUT2D eigenvalue weighted by molar-refractivity contribution is 5.19. The van der Waals surface area contributed by atoms with Gasteiger partial charge in [0.2, 0.25) is 0 Å². The second kappa shape index (κ2) is 3.62. The lowest BCUT2D eigenvalue weighted by molar-refractivity contribution is 0.242. The van der Waals surface area contributed by atoms with Crippen LogP contribution in [-0.2, 0) is 11.2 Å². The van der Waals surface area contributed by atoms with Gasteiger partial charge in [-0.3, -0.25) is 0 Å². The molecule has 0 bridgehead atoms. The molecule has 2 fully saturated rings. The van der Waals surface area contributed by atoms with E-state index in [1.165, 1.54) is 18.4 Å². The molecule has 2 heteroatoms. The number of rotatable bonds is 2. The Bertz CT molecular complexity index is 330. The molecule has 2 aliphatic rings. The van der Waals surface area contributed by atoms with Gasteiger partial charge in [0.1, 0.15) is 0 Å². The van der Waals surface area contributed by atoms with Crippen molar-refractivity contribution < 1.29 is 4.74 Å². The summed E-state index contributed by atoms with van der Waals surface area (Å²) in [5.74, 6) is 0. The molecule has 1 atom stereocenters. The summed E-state index contributed by atoms with van der Waals surface area (Å²) in [6.45, 7) is 2.23. The van der Waals surface area contributed by atoms with Crippen molar-refractivity contribution in [2.45, 2.75) is 31.0 Å². The van der Waals surface area contributed by atoms with E-state index in [4.69, 9.17) is 4.74 Å². The van der Waals surface area contributed by atoms with Gasteiger partial charge in [0, 0.05) is 6.42 Å². The fraction of sp³-hybridized carbons (Fsp3) is 0.538. The molecule has 80 valence electrons. The van der Waals surface area contributed by atoms with Crippen molar-refractivity contribution in [3.8, 4) is 0 Å². The number of benzene rings is 1. The highest BCUT2D eigenvalue weighted by Gasteiger charge is 2.55. The Morgan fingerprint density at radius 2 is 1.93 bits per heavy atom. The minimum Gasteiger partial charge on any atom is -0.366 e. The van der Waals surface area contributed by atoms with Gasteiger partial charge in [0.05, 0.1) is 11.7 Å². The average Bonchev–Trinajstić information content (AvgIpc) is 2.93. The molecule has 2 saturated heterocycles. The Kier molecular flexibility index (Phi) is 2.26. The maximum atomic E-state index is 5.91. The van der Waals surface area contributed by atoms with Gasteiger partial charge in [0.25, 0.3) is 0 Å². The number of hydrogen-bond acceptors (Lipinski definition) is 2. The van der Waals surface area contributed by atoms with Crippen LogP contribution in [0.2, 0.25) is 0 Å². The maximum absolute atomic E-state index is 5.91. The second-order valence-electron chi connectivity index (χ2n) is 4.61. The highest BCUT2D eigenvalue weighted by Crippen LogP contribution is 2.45. The van der Waals surface area contributed by atoms with E-state index in [9.17, 15) is 0 Å². The van der Waals surface area contributed by atoms with E-state index in [0.717, 1.165) is 19.5 Å². The fourth-order valence-electron chi connectivity index (χ4n) is 2.59. The van der Waals surface area contributed by atoms with E-state index in [-0.39, 0.29) is 5.60 Å².